The highest BCUT2D eigenvalue weighted by atomic mass is 79.9. The van der Waals surface area contributed by atoms with Crippen LogP contribution in [-0.4, -0.2) is 6.79 Å². The molecule has 0 aromatic heterocycles. The third kappa shape index (κ3) is 2.73. The maximum atomic E-state index is 5.80. The van der Waals surface area contributed by atoms with E-state index in [2.05, 4.69) is 15.9 Å². The van der Waals surface area contributed by atoms with E-state index in [1.165, 1.54) is 0 Å². The number of nitrogens with two attached hydrogens (primary N) is 1. The van der Waals surface area contributed by atoms with E-state index in [-0.39, 0.29) is 6.79 Å². The van der Waals surface area contributed by atoms with Gasteiger partial charge in [-0.25, -0.2) is 0 Å². The zero-order valence-electron chi connectivity index (χ0n) is 10.8. The predicted octanol–water partition coefficient (Wildman–Crippen LogP) is 3.22. The van der Waals surface area contributed by atoms with Gasteiger partial charge in [0.05, 0.1) is 4.47 Å². The van der Waals surface area contributed by atoms with Crippen LogP contribution in [0.15, 0.2) is 40.9 Å². The Hall–Kier alpha value is -1.72. The van der Waals surface area contributed by atoms with Gasteiger partial charge >= 0.3 is 0 Å². The van der Waals surface area contributed by atoms with Crippen LogP contribution in [0.4, 0.5) is 0 Å². The van der Waals surface area contributed by atoms with Gasteiger partial charge in [-0.1, -0.05) is 12.1 Å². The van der Waals surface area contributed by atoms with E-state index < -0.39 is 0 Å². The molecule has 104 valence electrons. The Labute approximate surface area is 125 Å². The van der Waals surface area contributed by atoms with E-state index in [9.17, 15) is 0 Å². The lowest BCUT2D eigenvalue weighted by molar-refractivity contribution is 0.174. The van der Waals surface area contributed by atoms with Crippen LogP contribution in [0.5, 0.6) is 17.2 Å². The van der Waals surface area contributed by atoms with Gasteiger partial charge in [-0.05, 0) is 51.3 Å². The van der Waals surface area contributed by atoms with Crippen LogP contribution in [0.3, 0.4) is 0 Å². The summed E-state index contributed by atoms with van der Waals surface area (Å²) in [6.07, 6.45) is 0. The zero-order valence-corrected chi connectivity index (χ0v) is 12.4. The van der Waals surface area contributed by atoms with Crippen molar-refractivity contribution >= 4 is 15.9 Å². The van der Waals surface area contributed by atoms with Gasteiger partial charge < -0.3 is 19.9 Å². The summed E-state index contributed by atoms with van der Waals surface area (Å²) in [5.74, 6) is 2.34. The normalized spacial score (nSPS) is 12.5. The Morgan fingerprint density at radius 3 is 2.65 bits per heavy atom. The van der Waals surface area contributed by atoms with Crippen molar-refractivity contribution in [2.45, 2.75) is 13.2 Å². The number of benzene rings is 2. The van der Waals surface area contributed by atoms with Crippen LogP contribution >= 0.6 is 15.9 Å². The van der Waals surface area contributed by atoms with Crippen LogP contribution in [0.2, 0.25) is 0 Å². The molecule has 4 nitrogen and oxygen atoms in total. The van der Waals surface area contributed by atoms with Crippen LogP contribution in [0.25, 0.3) is 0 Å². The molecule has 0 fully saturated rings. The number of halogens is 1. The number of rotatable bonds is 4. The van der Waals surface area contributed by atoms with Gasteiger partial charge in [0, 0.05) is 6.54 Å². The van der Waals surface area contributed by atoms with Crippen molar-refractivity contribution < 1.29 is 14.2 Å². The quantitative estimate of drug-likeness (QED) is 0.932. The number of hydrogen-bond acceptors (Lipinski definition) is 4. The van der Waals surface area contributed by atoms with E-state index in [1.54, 1.807) is 0 Å². The topological polar surface area (TPSA) is 53.7 Å². The van der Waals surface area contributed by atoms with E-state index in [0.29, 0.717) is 13.2 Å². The lowest BCUT2D eigenvalue weighted by Gasteiger charge is -2.10. The lowest BCUT2D eigenvalue weighted by atomic mass is 10.2. The molecule has 2 aromatic carbocycles. The fourth-order valence-electron chi connectivity index (χ4n) is 1.98. The monoisotopic (exact) mass is 335 g/mol. The average molecular weight is 336 g/mol. The van der Waals surface area contributed by atoms with Crippen molar-refractivity contribution in [3.05, 3.63) is 52.0 Å². The molecule has 3 rings (SSSR count). The molecule has 20 heavy (non-hydrogen) atoms. The number of fused-ring (bicyclic) bond motifs is 1. The second-order valence-electron chi connectivity index (χ2n) is 4.45. The van der Waals surface area contributed by atoms with E-state index in [0.717, 1.165) is 32.8 Å². The van der Waals surface area contributed by atoms with Gasteiger partial charge in [-0.3, -0.25) is 0 Å². The maximum absolute atomic E-state index is 5.80. The summed E-state index contributed by atoms with van der Waals surface area (Å²) in [5, 5.41) is 0. The third-order valence-corrected chi connectivity index (χ3v) is 3.68. The standard InChI is InChI=1S/C15H14BrNO3/c16-12-5-10(7-17)1-3-13(12)18-8-11-2-4-14-15(6-11)20-9-19-14/h1-6H,7-9,17H2. The minimum Gasteiger partial charge on any atom is -0.488 e. The number of hydrogen-bond donors (Lipinski definition) is 1. The highest BCUT2D eigenvalue weighted by Crippen LogP contribution is 2.33. The molecule has 1 aliphatic rings. The summed E-state index contributed by atoms with van der Waals surface area (Å²) < 4.78 is 17.3. The molecule has 0 saturated heterocycles. The largest absolute Gasteiger partial charge is 0.488 e. The molecule has 2 aromatic rings. The average Bonchev–Trinajstić information content (AvgIpc) is 2.93. The van der Waals surface area contributed by atoms with Crippen LogP contribution in [0, 0.1) is 0 Å². The van der Waals surface area contributed by atoms with Crippen molar-refractivity contribution in [2.24, 2.45) is 5.73 Å². The van der Waals surface area contributed by atoms with Crippen molar-refractivity contribution in [1.29, 1.82) is 0 Å². The molecule has 0 unspecified atom stereocenters. The molecule has 0 amide bonds. The maximum Gasteiger partial charge on any atom is 0.231 e. The van der Waals surface area contributed by atoms with Gasteiger partial charge in [-0.2, -0.15) is 0 Å². The molecule has 0 saturated carbocycles. The lowest BCUT2D eigenvalue weighted by Crippen LogP contribution is -1.99. The van der Waals surface area contributed by atoms with E-state index >= 15 is 0 Å². The molecular weight excluding hydrogens is 322 g/mol. The SMILES string of the molecule is NCc1ccc(OCc2ccc3c(c2)OCO3)c(Br)c1. The minimum atomic E-state index is 0.283. The Balaban J connectivity index is 1.70. The molecule has 5 heteroatoms. The molecule has 0 atom stereocenters. The van der Waals surface area contributed by atoms with Gasteiger partial charge in [0.2, 0.25) is 6.79 Å². The van der Waals surface area contributed by atoms with Crippen LogP contribution < -0.4 is 19.9 Å². The van der Waals surface area contributed by atoms with E-state index in [4.69, 9.17) is 19.9 Å². The fourth-order valence-corrected chi connectivity index (χ4v) is 2.52. The molecule has 0 bridgehead atoms. The van der Waals surface area contributed by atoms with Crippen LogP contribution in [0.1, 0.15) is 11.1 Å². The van der Waals surface area contributed by atoms with Crippen molar-refractivity contribution in [3.8, 4) is 17.2 Å². The third-order valence-electron chi connectivity index (χ3n) is 3.06. The zero-order chi connectivity index (χ0) is 13.9. The van der Waals surface area contributed by atoms with Crippen molar-refractivity contribution in [3.63, 3.8) is 0 Å². The summed E-state index contributed by atoms with van der Waals surface area (Å²) in [5.41, 5.74) is 7.69. The summed E-state index contributed by atoms with van der Waals surface area (Å²) in [7, 11) is 0. The van der Waals surface area contributed by atoms with Gasteiger partial charge in [0.25, 0.3) is 0 Å². The molecule has 0 radical (unpaired) electrons. The van der Waals surface area contributed by atoms with Gasteiger partial charge in [0.15, 0.2) is 11.5 Å². The highest BCUT2D eigenvalue weighted by Gasteiger charge is 2.13. The van der Waals surface area contributed by atoms with Gasteiger partial charge in [-0.15, -0.1) is 0 Å². The van der Waals surface area contributed by atoms with Gasteiger partial charge in [0.1, 0.15) is 12.4 Å². The van der Waals surface area contributed by atoms with E-state index in [1.807, 2.05) is 36.4 Å². The molecule has 1 heterocycles. The summed E-state index contributed by atoms with van der Waals surface area (Å²) >= 11 is 3.49. The second-order valence-corrected chi connectivity index (χ2v) is 5.30. The second kappa shape index (κ2) is 5.73. The Bertz CT molecular complexity index is 631. The molecular formula is C15H14BrNO3. The first kappa shape index (κ1) is 13.3. The van der Waals surface area contributed by atoms with Crippen molar-refractivity contribution in [1.82, 2.24) is 0 Å². The summed E-state index contributed by atoms with van der Waals surface area (Å²) in [6.45, 7) is 1.27. The Morgan fingerprint density at radius 1 is 1.05 bits per heavy atom. The summed E-state index contributed by atoms with van der Waals surface area (Å²) in [6, 6.07) is 11.6. The predicted molar refractivity (Wildman–Crippen MR) is 78.9 cm³/mol. The molecule has 0 spiro atoms. The fraction of sp³-hybridized carbons (Fsp3) is 0.200. The first-order valence-corrected chi connectivity index (χ1v) is 7.05. The first-order chi connectivity index (χ1) is 9.76. The molecule has 1 aliphatic heterocycles. The highest BCUT2D eigenvalue weighted by molar-refractivity contribution is 9.10. The smallest absolute Gasteiger partial charge is 0.231 e. The minimum absolute atomic E-state index is 0.283. The van der Waals surface area contributed by atoms with Crippen LogP contribution in [-0.2, 0) is 13.2 Å². The Morgan fingerprint density at radius 2 is 1.85 bits per heavy atom. The first-order valence-electron chi connectivity index (χ1n) is 6.26. The molecule has 2 N–H and O–H groups in total. The van der Waals surface area contributed by atoms with Crippen molar-refractivity contribution in [2.75, 3.05) is 6.79 Å². The Kier molecular flexibility index (Phi) is 3.80. The summed E-state index contributed by atoms with van der Waals surface area (Å²) in [4.78, 5) is 0. The number of ether oxygens (including phenoxy) is 3. The molecule has 0 aliphatic carbocycles.